The van der Waals surface area contributed by atoms with Crippen molar-refractivity contribution in [1.29, 1.82) is 0 Å². The Bertz CT molecular complexity index is 730. The van der Waals surface area contributed by atoms with E-state index < -0.39 is 17.6 Å². The van der Waals surface area contributed by atoms with Gasteiger partial charge in [-0.25, -0.2) is 8.78 Å². The minimum Gasteiger partial charge on any atom is -0.481 e. The topological polar surface area (TPSA) is 57.6 Å². The van der Waals surface area contributed by atoms with Crippen molar-refractivity contribution < 1.29 is 23.5 Å². The van der Waals surface area contributed by atoms with Gasteiger partial charge in [0.15, 0.2) is 11.6 Å². The standard InChI is InChI=1S/C16H15F2NO3S/c1-10-8-23-9-12(10)16(22)19(5-4-15(20)21)7-11-2-3-13(17)14(18)6-11/h2-3,6,8-9H,4-5,7H2,1H3,(H,20,21). The molecule has 1 aromatic carbocycles. The molecule has 1 heterocycles. The number of aryl methyl sites for hydroxylation is 1. The lowest BCUT2D eigenvalue weighted by Gasteiger charge is -2.22. The van der Waals surface area contributed by atoms with Gasteiger partial charge in [0.1, 0.15) is 0 Å². The molecule has 0 aliphatic rings. The lowest BCUT2D eigenvalue weighted by Crippen LogP contribution is -2.32. The highest BCUT2D eigenvalue weighted by molar-refractivity contribution is 7.08. The number of carbonyl (C=O) groups is 2. The molecular weight excluding hydrogens is 324 g/mol. The predicted molar refractivity (Wildman–Crippen MR) is 82.4 cm³/mol. The second kappa shape index (κ2) is 7.32. The van der Waals surface area contributed by atoms with E-state index in [2.05, 4.69) is 0 Å². The molecule has 0 radical (unpaired) electrons. The van der Waals surface area contributed by atoms with Crippen molar-refractivity contribution in [2.24, 2.45) is 0 Å². The first-order valence-electron chi connectivity index (χ1n) is 6.86. The molecule has 0 saturated carbocycles. The Morgan fingerprint density at radius 2 is 1.96 bits per heavy atom. The van der Waals surface area contributed by atoms with Crippen LogP contribution in [0.25, 0.3) is 0 Å². The van der Waals surface area contributed by atoms with Crippen LogP contribution in [0.15, 0.2) is 29.0 Å². The third kappa shape index (κ3) is 4.35. The van der Waals surface area contributed by atoms with Gasteiger partial charge < -0.3 is 10.0 Å². The van der Waals surface area contributed by atoms with Crippen LogP contribution in [0.2, 0.25) is 0 Å². The number of carbonyl (C=O) groups excluding carboxylic acids is 1. The summed E-state index contributed by atoms with van der Waals surface area (Å²) < 4.78 is 26.3. The summed E-state index contributed by atoms with van der Waals surface area (Å²) in [5, 5.41) is 12.3. The molecule has 7 heteroatoms. The van der Waals surface area contributed by atoms with Gasteiger partial charge in [-0.1, -0.05) is 6.07 Å². The number of aliphatic carboxylic acids is 1. The van der Waals surface area contributed by atoms with Gasteiger partial charge in [-0.2, -0.15) is 11.3 Å². The zero-order valence-electron chi connectivity index (χ0n) is 12.4. The second-order valence-corrected chi connectivity index (χ2v) is 5.83. The molecule has 0 bridgehead atoms. The molecule has 0 fully saturated rings. The molecule has 0 aliphatic carbocycles. The Kier molecular flexibility index (Phi) is 5.44. The van der Waals surface area contributed by atoms with Crippen molar-refractivity contribution in [1.82, 2.24) is 4.90 Å². The molecule has 0 saturated heterocycles. The van der Waals surface area contributed by atoms with E-state index in [0.29, 0.717) is 11.1 Å². The molecule has 1 aromatic heterocycles. The Labute approximate surface area is 136 Å². The molecule has 2 rings (SSSR count). The largest absolute Gasteiger partial charge is 0.481 e. The Morgan fingerprint density at radius 3 is 2.52 bits per heavy atom. The zero-order chi connectivity index (χ0) is 17.0. The number of halogens is 2. The Hall–Kier alpha value is -2.28. The van der Waals surface area contributed by atoms with E-state index in [9.17, 15) is 18.4 Å². The summed E-state index contributed by atoms with van der Waals surface area (Å²) in [6.07, 6.45) is -0.224. The first-order valence-corrected chi connectivity index (χ1v) is 7.80. The summed E-state index contributed by atoms with van der Waals surface area (Å²) in [6, 6.07) is 3.37. The predicted octanol–water partition coefficient (Wildman–Crippen LogP) is 3.45. The van der Waals surface area contributed by atoms with Crippen LogP contribution < -0.4 is 0 Å². The number of rotatable bonds is 6. The first-order chi connectivity index (χ1) is 10.9. The smallest absolute Gasteiger partial charge is 0.305 e. The van der Waals surface area contributed by atoms with Crippen LogP contribution in [-0.2, 0) is 11.3 Å². The second-order valence-electron chi connectivity index (χ2n) is 5.09. The summed E-state index contributed by atoms with van der Waals surface area (Å²) in [5.74, 6) is -3.32. The van der Waals surface area contributed by atoms with Crippen LogP contribution in [0.5, 0.6) is 0 Å². The summed E-state index contributed by atoms with van der Waals surface area (Å²) in [7, 11) is 0. The summed E-state index contributed by atoms with van der Waals surface area (Å²) in [4.78, 5) is 24.7. The van der Waals surface area contributed by atoms with Gasteiger partial charge in [-0.15, -0.1) is 0 Å². The molecule has 23 heavy (non-hydrogen) atoms. The maximum atomic E-state index is 13.3. The minimum atomic E-state index is -1.03. The van der Waals surface area contributed by atoms with Gasteiger partial charge in [0.2, 0.25) is 0 Å². The van der Waals surface area contributed by atoms with Crippen LogP contribution in [0.1, 0.15) is 27.9 Å². The van der Waals surface area contributed by atoms with Crippen LogP contribution >= 0.6 is 11.3 Å². The van der Waals surface area contributed by atoms with E-state index in [0.717, 1.165) is 17.7 Å². The number of benzene rings is 1. The summed E-state index contributed by atoms with van der Waals surface area (Å²) in [5.41, 5.74) is 1.68. The monoisotopic (exact) mass is 339 g/mol. The van der Waals surface area contributed by atoms with E-state index in [-0.39, 0.29) is 25.4 Å². The van der Waals surface area contributed by atoms with Crippen LogP contribution in [0, 0.1) is 18.6 Å². The number of nitrogens with zero attached hydrogens (tertiary/aromatic N) is 1. The summed E-state index contributed by atoms with van der Waals surface area (Å²) in [6.45, 7) is 1.79. The minimum absolute atomic E-state index is 0.0115. The fraction of sp³-hybridized carbons (Fsp3) is 0.250. The van der Waals surface area contributed by atoms with E-state index in [1.165, 1.54) is 22.3 Å². The van der Waals surface area contributed by atoms with Gasteiger partial charge in [0.05, 0.1) is 12.0 Å². The molecule has 2 aromatic rings. The third-order valence-corrected chi connectivity index (χ3v) is 4.19. The van der Waals surface area contributed by atoms with Crippen LogP contribution in [0.3, 0.4) is 0 Å². The number of thiophene rings is 1. The van der Waals surface area contributed by atoms with Crippen molar-refractivity contribution in [3.8, 4) is 0 Å². The highest BCUT2D eigenvalue weighted by Crippen LogP contribution is 2.18. The zero-order valence-corrected chi connectivity index (χ0v) is 13.2. The molecule has 0 unspecified atom stereocenters. The normalized spacial score (nSPS) is 10.6. The van der Waals surface area contributed by atoms with Gasteiger partial charge in [-0.3, -0.25) is 9.59 Å². The van der Waals surface area contributed by atoms with Gasteiger partial charge in [-0.05, 0) is 35.6 Å². The van der Waals surface area contributed by atoms with E-state index in [4.69, 9.17) is 5.11 Å². The molecule has 0 atom stereocenters. The number of hydrogen-bond donors (Lipinski definition) is 1. The van der Waals surface area contributed by atoms with Gasteiger partial charge >= 0.3 is 5.97 Å². The molecule has 1 amide bonds. The van der Waals surface area contributed by atoms with Crippen LogP contribution in [-0.4, -0.2) is 28.4 Å². The number of carboxylic acids is 1. The molecular formula is C16H15F2NO3S. The van der Waals surface area contributed by atoms with E-state index >= 15 is 0 Å². The van der Waals surface area contributed by atoms with Crippen molar-refractivity contribution in [3.05, 3.63) is 57.3 Å². The summed E-state index contributed by atoms with van der Waals surface area (Å²) >= 11 is 1.37. The fourth-order valence-electron chi connectivity index (χ4n) is 2.09. The van der Waals surface area contributed by atoms with E-state index in [1.807, 2.05) is 5.38 Å². The van der Waals surface area contributed by atoms with Crippen molar-refractivity contribution in [2.45, 2.75) is 19.9 Å². The fourth-order valence-corrected chi connectivity index (χ4v) is 2.91. The van der Waals surface area contributed by atoms with Gasteiger partial charge in [0.25, 0.3) is 5.91 Å². The molecule has 4 nitrogen and oxygen atoms in total. The molecule has 0 aliphatic heterocycles. The number of hydrogen-bond acceptors (Lipinski definition) is 3. The highest BCUT2D eigenvalue weighted by Gasteiger charge is 2.20. The third-order valence-electron chi connectivity index (χ3n) is 3.33. The average molecular weight is 339 g/mol. The maximum absolute atomic E-state index is 13.3. The number of carboxylic acid groups (broad SMARTS) is 1. The van der Waals surface area contributed by atoms with Crippen molar-refractivity contribution in [2.75, 3.05) is 6.54 Å². The molecule has 1 N–H and O–H groups in total. The number of amides is 1. The Morgan fingerprint density at radius 1 is 1.22 bits per heavy atom. The Balaban J connectivity index is 2.22. The quantitative estimate of drug-likeness (QED) is 0.877. The lowest BCUT2D eigenvalue weighted by atomic mass is 10.1. The SMILES string of the molecule is Cc1cscc1C(=O)N(CCC(=O)O)Cc1ccc(F)c(F)c1. The van der Waals surface area contributed by atoms with Crippen molar-refractivity contribution in [3.63, 3.8) is 0 Å². The van der Waals surface area contributed by atoms with E-state index in [1.54, 1.807) is 12.3 Å². The first kappa shape index (κ1) is 17.1. The molecule has 122 valence electrons. The van der Waals surface area contributed by atoms with Crippen LogP contribution in [0.4, 0.5) is 8.78 Å². The maximum Gasteiger partial charge on any atom is 0.305 e. The lowest BCUT2D eigenvalue weighted by molar-refractivity contribution is -0.137. The molecule has 0 spiro atoms. The highest BCUT2D eigenvalue weighted by atomic mass is 32.1. The van der Waals surface area contributed by atoms with Gasteiger partial charge in [0, 0.05) is 18.5 Å². The van der Waals surface area contributed by atoms with Crippen molar-refractivity contribution >= 4 is 23.2 Å². The average Bonchev–Trinajstić information content (AvgIpc) is 2.92.